The van der Waals surface area contributed by atoms with Crippen LogP contribution in [0.3, 0.4) is 0 Å². The van der Waals surface area contributed by atoms with E-state index in [9.17, 15) is 13.2 Å². The maximum atomic E-state index is 13.0. The van der Waals surface area contributed by atoms with Crippen LogP contribution < -0.4 is 10.1 Å². The summed E-state index contributed by atoms with van der Waals surface area (Å²) in [6, 6.07) is 14.1. The van der Waals surface area contributed by atoms with E-state index in [2.05, 4.69) is 10.3 Å². The zero-order chi connectivity index (χ0) is 23.4. The number of hydrogen-bond acceptors (Lipinski definition) is 6. The second kappa shape index (κ2) is 9.64. The summed E-state index contributed by atoms with van der Waals surface area (Å²) in [4.78, 5) is 16.5. The number of ether oxygens (including phenoxy) is 1. The van der Waals surface area contributed by atoms with E-state index >= 15 is 0 Å². The van der Waals surface area contributed by atoms with E-state index in [0.29, 0.717) is 17.9 Å². The van der Waals surface area contributed by atoms with E-state index in [1.165, 1.54) is 24.3 Å². The topological polar surface area (TPSA) is 98.5 Å². The largest absolute Gasteiger partial charge is 0.492 e. The van der Waals surface area contributed by atoms with Crippen molar-refractivity contribution in [1.29, 1.82) is 0 Å². The molecule has 0 aliphatic carbocycles. The molecule has 0 unspecified atom stereocenters. The van der Waals surface area contributed by atoms with Crippen molar-refractivity contribution < 1.29 is 22.4 Å². The Hall–Kier alpha value is -3.36. The lowest BCUT2D eigenvalue weighted by Gasteiger charge is -2.10. The van der Waals surface area contributed by atoms with Crippen molar-refractivity contribution in [3.8, 4) is 5.75 Å². The lowest BCUT2D eigenvalue weighted by molar-refractivity contribution is 0.0925. The van der Waals surface area contributed by atoms with Gasteiger partial charge in [0.2, 0.25) is 9.84 Å². The van der Waals surface area contributed by atoms with E-state index in [-0.39, 0.29) is 33.0 Å². The number of nitrogens with one attached hydrogen (secondary N) is 1. The van der Waals surface area contributed by atoms with Gasteiger partial charge in [-0.05, 0) is 54.4 Å². The predicted octanol–water partition coefficient (Wildman–Crippen LogP) is 5.03. The first-order valence-electron chi connectivity index (χ1n) is 10.3. The second-order valence-corrected chi connectivity index (χ2v) is 9.65. The number of pyridine rings is 1. The third-order valence-corrected chi connectivity index (χ3v) is 6.97. The number of nitrogens with zero attached hydrogens (tertiary/aromatic N) is 1. The van der Waals surface area contributed by atoms with Gasteiger partial charge >= 0.3 is 0 Å². The van der Waals surface area contributed by atoms with Gasteiger partial charge in [-0.25, -0.2) is 8.42 Å². The van der Waals surface area contributed by atoms with Crippen LogP contribution in [0.15, 0.2) is 81.2 Å². The molecule has 0 aliphatic rings. The van der Waals surface area contributed by atoms with Crippen molar-refractivity contribution in [2.75, 3.05) is 6.61 Å². The van der Waals surface area contributed by atoms with Crippen LogP contribution in [0.1, 0.15) is 29.5 Å². The summed E-state index contributed by atoms with van der Waals surface area (Å²) in [5.74, 6) is 0.257. The van der Waals surface area contributed by atoms with Crippen molar-refractivity contribution in [3.05, 3.63) is 83.3 Å². The van der Waals surface area contributed by atoms with Gasteiger partial charge in [0.1, 0.15) is 5.75 Å². The minimum absolute atomic E-state index is 0.0803. The number of benzene rings is 2. The fourth-order valence-corrected chi connectivity index (χ4v) is 4.75. The highest BCUT2D eigenvalue weighted by Gasteiger charge is 2.19. The minimum Gasteiger partial charge on any atom is -0.492 e. The van der Waals surface area contributed by atoms with Crippen LogP contribution in [0, 0.1) is 0 Å². The van der Waals surface area contributed by atoms with Crippen LogP contribution in [0.2, 0.25) is 5.02 Å². The Kier molecular flexibility index (Phi) is 6.67. The highest BCUT2D eigenvalue weighted by Crippen LogP contribution is 2.30. The minimum atomic E-state index is -3.75. The number of halogens is 1. The van der Waals surface area contributed by atoms with Crippen molar-refractivity contribution in [2.24, 2.45) is 0 Å². The predicted molar refractivity (Wildman–Crippen MR) is 124 cm³/mol. The maximum Gasteiger partial charge on any atom is 0.287 e. The van der Waals surface area contributed by atoms with Gasteiger partial charge in [0.15, 0.2) is 11.3 Å². The van der Waals surface area contributed by atoms with E-state index in [1.807, 2.05) is 6.92 Å². The van der Waals surface area contributed by atoms with Gasteiger partial charge in [0, 0.05) is 18.1 Å². The van der Waals surface area contributed by atoms with Crippen molar-refractivity contribution in [3.63, 3.8) is 0 Å². The first-order valence-corrected chi connectivity index (χ1v) is 12.1. The molecule has 0 saturated carbocycles. The molecule has 7 nitrogen and oxygen atoms in total. The Morgan fingerprint density at radius 3 is 2.55 bits per heavy atom. The first-order chi connectivity index (χ1) is 15.9. The number of hydrogen-bond donors (Lipinski definition) is 1. The average molecular weight is 485 g/mol. The van der Waals surface area contributed by atoms with Gasteiger partial charge in [0.05, 0.1) is 27.6 Å². The van der Waals surface area contributed by atoms with Crippen LogP contribution in [0.5, 0.6) is 5.75 Å². The number of carbonyl (C=O) groups excluding carboxylic acids is 1. The molecule has 1 N–H and O–H groups in total. The summed E-state index contributed by atoms with van der Waals surface area (Å²) < 4.78 is 36.9. The summed E-state index contributed by atoms with van der Waals surface area (Å²) in [5, 5.41) is 3.79. The fourth-order valence-electron chi connectivity index (χ4n) is 3.17. The van der Waals surface area contributed by atoms with E-state index in [0.717, 1.165) is 17.4 Å². The molecule has 0 saturated heterocycles. The number of aromatic nitrogens is 1. The monoisotopic (exact) mass is 484 g/mol. The SMILES string of the molecule is CCCOc1ccc(S(=O)(=O)c2ccc(CNC(=O)c3cc4ccncc4o3)cc2)cc1Cl. The highest BCUT2D eigenvalue weighted by atomic mass is 35.5. The van der Waals surface area contributed by atoms with Crippen molar-refractivity contribution in [2.45, 2.75) is 29.7 Å². The van der Waals surface area contributed by atoms with Gasteiger partial charge in [-0.2, -0.15) is 0 Å². The Bertz CT molecular complexity index is 1370. The lowest BCUT2D eigenvalue weighted by atomic mass is 10.2. The maximum absolute atomic E-state index is 13.0. The van der Waals surface area contributed by atoms with Crippen molar-refractivity contribution in [1.82, 2.24) is 10.3 Å². The number of carbonyl (C=O) groups is 1. The first kappa shape index (κ1) is 22.8. The van der Waals surface area contributed by atoms with Crippen LogP contribution >= 0.6 is 11.6 Å². The molecule has 0 spiro atoms. The number of rotatable bonds is 8. The third-order valence-electron chi connectivity index (χ3n) is 4.91. The molecule has 1 amide bonds. The molecule has 33 heavy (non-hydrogen) atoms. The summed E-state index contributed by atoms with van der Waals surface area (Å²) in [6.45, 7) is 2.68. The molecule has 0 fully saturated rings. The Morgan fingerprint density at radius 2 is 1.85 bits per heavy atom. The number of furan rings is 1. The number of amides is 1. The van der Waals surface area contributed by atoms with Gasteiger partial charge in [-0.3, -0.25) is 9.78 Å². The quantitative estimate of drug-likeness (QED) is 0.376. The van der Waals surface area contributed by atoms with Crippen LogP contribution in [-0.2, 0) is 16.4 Å². The molecule has 9 heteroatoms. The Morgan fingerprint density at radius 1 is 1.09 bits per heavy atom. The Balaban J connectivity index is 1.44. The molecule has 0 atom stereocenters. The van der Waals surface area contributed by atoms with Crippen LogP contribution in [0.25, 0.3) is 11.0 Å². The number of sulfone groups is 1. The van der Waals surface area contributed by atoms with Gasteiger partial charge in [-0.1, -0.05) is 30.7 Å². The van der Waals surface area contributed by atoms with Crippen molar-refractivity contribution >= 4 is 38.3 Å². The molecule has 2 aromatic heterocycles. The van der Waals surface area contributed by atoms with Gasteiger partial charge in [0.25, 0.3) is 5.91 Å². The zero-order valence-corrected chi connectivity index (χ0v) is 19.3. The molecular weight excluding hydrogens is 464 g/mol. The highest BCUT2D eigenvalue weighted by molar-refractivity contribution is 7.91. The van der Waals surface area contributed by atoms with E-state index in [4.69, 9.17) is 20.8 Å². The number of fused-ring (bicyclic) bond motifs is 1. The average Bonchev–Trinajstić information content (AvgIpc) is 3.26. The van der Waals surface area contributed by atoms with E-state index < -0.39 is 9.84 Å². The van der Waals surface area contributed by atoms with Gasteiger partial charge < -0.3 is 14.5 Å². The van der Waals surface area contributed by atoms with Crippen LogP contribution in [-0.4, -0.2) is 25.9 Å². The Labute approximate surface area is 196 Å². The summed E-state index contributed by atoms with van der Waals surface area (Å²) >= 11 is 6.19. The fraction of sp³-hybridized carbons (Fsp3) is 0.167. The molecular formula is C24H21ClN2O5S. The summed E-state index contributed by atoms with van der Waals surface area (Å²) in [7, 11) is -3.75. The molecule has 170 valence electrons. The normalized spacial score (nSPS) is 11.5. The molecule has 2 aromatic carbocycles. The zero-order valence-electron chi connectivity index (χ0n) is 17.7. The lowest BCUT2D eigenvalue weighted by Crippen LogP contribution is -2.22. The molecule has 0 aliphatic heterocycles. The molecule has 4 aromatic rings. The molecule has 4 rings (SSSR count). The summed E-state index contributed by atoms with van der Waals surface area (Å²) in [5.41, 5.74) is 1.27. The molecule has 0 bridgehead atoms. The van der Waals surface area contributed by atoms with Gasteiger partial charge in [-0.15, -0.1) is 0 Å². The second-order valence-electron chi connectivity index (χ2n) is 7.29. The van der Waals surface area contributed by atoms with Crippen LogP contribution in [0.4, 0.5) is 0 Å². The molecule has 0 radical (unpaired) electrons. The summed E-state index contributed by atoms with van der Waals surface area (Å²) in [6.07, 6.45) is 3.99. The third kappa shape index (κ3) is 5.02. The van der Waals surface area contributed by atoms with E-state index in [1.54, 1.807) is 42.7 Å². The molecule has 2 heterocycles. The standard InChI is InChI=1S/C24H21ClN2O5S/c1-2-11-31-21-8-7-19(13-20(21)25)33(29,30)18-5-3-16(4-6-18)14-27-24(28)22-12-17-9-10-26-15-23(17)32-22/h3-10,12-13,15H,2,11,14H2,1H3,(H,27,28). The smallest absolute Gasteiger partial charge is 0.287 e.